The average molecular weight is 245 g/mol. The highest BCUT2D eigenvalue weighted by Gasteiger charge is 2.10. The van der Waals surface area contributed by atoms with Gasteiger partial charge in [-0.2, -0.15) is 0 Å². The van der Waals surface area contributed by atoms with E-state index in [-0.39, 0.29) is 0 Å². The second-order valence-corrected chi connectivity index (χ2v) is 5.47. The minimum absolute atomic E-state index is 1.11. The Morgan fingerprint density at radius 2 is 1.83 bits per heavy atom. The first-order valence-electron chi connectivity index (χ1n) is 7.71. The molecule has 1 N–H and O–H groups in total. The van der Waals surface area contributed by atoms with Crippen LogP contribution in [0.2, 0.25) is 0 Å². The van der Waals surface area contributed by atoms with E-state index in [1.165, 1.54) is 57.9 Å². The Balaban J connectivity index is 1.62. The quantitative estimate of drug-likeness (QED) is 0.685. The van der Waals surface area contributed by atoms with Crippen LogP contribution in [-0.2, 0) is 19.3 Å². The molecular weight excluding hydrogens is 218 g/mol. The van der Waals surface area contributed by atoms with Gasteiger partial charge in [-0.3, -0.25) is 0 Å². The van der Waals surface area contributed by atoms with Gasteiger partial charge in [0.05, 0.1) is 0 Å². The molecule has 1 heteroatoms. The zero-order valence-corrected chi connectivity index (χ0v) is 11.8. The van der Waals surface area contributed by atoms with Crippen molar-refractivity contribution in [3.05, 3.63) is 34.9 Å². The first-order valence-corrected chi connectivity index (χ1v) is 7.71. The Bertz CT molecular complexity index is 357. The summed E-state index contributed by atoms with van der Waals surface area (Å²) < 4.78 is 0. The second-order valence-electron chi connectivity index (χ2n) is 5.47. The standard InChI is InChI=1S/C17H27N/c1-2-18-13-6-4-3-5-8-15-11-12-16-9-7-10-17(16)14-15/h11-12,14,18H,2-10,13H2,1H3. The molecule has 0 fully saturated rings. The van der Waals surface area contributed by atoms with E-state index in [0.29, 0.717) is 0 Å². The van der Waals surface area contributed by atoms with E-state index in [1.807, 2.05) is 0 Å². The number of aryl methyl sites for hydroxylation is 3. The van der Waals surface area contributed by atoms with Crippen LogP contribution in [0.1, 0.15) is 55.7 Å². The smallest absolute Gasteiger partial charge is 0.00490 e. The van der Waals surface area contributed by atoms with Crippen LogP contribution in [-0.4, -0.2) is 13.1 Å². The van der Waals surface area contributed by atoms with Crippen molar-refractivity contribution in [3.8, 4) is 0 Å². The van der Waals surface area contributed by atoms with Gasteiger partial charge in [0.2, 0.25) is 0 Å². The minimum atomic E-state index is 1.11. The minimum Gasteiger partial charge on any atom is -0.317 e. The van der Waals surface area contributed by atoms with Crippen molar-refractivity contribution in [3.63, 3.8) is 0 Å². The predicted octanol–water partition coefficient (Wildman–Crippen LogP) is 3.89. The van der Waals surface area contributed by atoms with Crippen LogP contribution in [0.4, 0.5) is 0 Å². The molecule has 18 heavy (non-hydrogen) atoms. The summed E-state index contributed by atoms with van der Waals surface area (Å²) in [5.41, 5.74) is 4.78. The molecule has 1 aromatic carbocycles. The zero-order valence-electron chi connectivity index (χ0n) is 11.8. The number of nitrogens with one attached hydrogen (secondary N) is 1. The molecule has 100 valence electrons. The van der Waals surface area contributed by atoms with Gasteiger partial charge in [0.1, 0.15) is 0 Å². The highest BCUT2D eigenvalue weighted by Crippen LogP contribution is 2.23. The first kappa shape index (κ1) is 13.6. The maximum atomic E-state index is 3.39. The maximum Gasteiger partial charge on any atom is -0.00490 e. The number of fused-ring (bicyclic) bond motifs is 1. The largest absolute Gasteiger partial charge is 0.317 e. The summed E-state index contributed by atoms with van der Waals surface area (Å²) in [5.74, 6) is 0. The van der Waals surface area contributed by atoms with Gasteiger partial charge in [0.25, 0.3) is 0 Å². The first-order chi connectivity index (χ1) is 8.90. The average Bonchev–Trinajstić information content (AvgIpc) is 2.85. The van der Waals surface area contributed by atoms with Crippen molar-refractivity contribution in [2.45, 2.75) is 58.3 Å². The maximum absolute atomic E-state index is 3.39. The summed E-state index contributed by atoms with van der Waals surface area (Å²) in [5, 5.41) is 3.39. The Hall–Kier alpha value is -0.820. The summed E-state index contributed by atoms with van der Waals surface area (Å²) in [7, 11) is 0. The van der Waals surface area contributed by atoms with E-state index in [4.69, 9.17) is 0 Å². The molecule has 1 aliphatic carbocycles. The highest BCUT2D eigenvalue weighted by atomic mass is 14.8. The van der Waals surface area contributed by atoms with Crippen LogP contribution in [0, 0.1) is 0 Å². The molecule has 0 aliphatic heterocycles. The molecule has 1 aliphatic rings. The van der Waals surface area contributed by atoms with Gasteiger partial charge in [0.15, 0.2) is 0 Å². The number of unbranched alkanes of at least 4 members (excludes halogenated alkanes) is 3. The van der Waals surface area contributed by atoms with Crippen LogP contribution >= 0.6 is 0 Å². The Labute approximate surface area is 112 Å². The summed E-state index contributed by atoms with van der Waals surface area (Å²) in [6, 6.07) is 7.17. The molecule has 0 unspecified atom stereocenters. The van der Waals surface area contributed by atoms with Crippen LogP contribution in [0.25, 0.3) is 0 Å². The summed E-state index contributed by atoms with van der Waals surface area (Å²) in [6.07, 6.45) is 10.7. The lowest BCUT2D eigenvalue weighted by Gasteiger charge is -2.05. The second kappa shape index (κ2) is 7.58. The lowest BCUT2D eigenvalue weighted by molar-refractivity contribution is 0.598. The van der Waals surface area contributed by atoms with Crippen molar-refractivity contribution in [2.24, 2.45) is 0 Å². The molecular formula is C17H27N. The summed E-state index contributed by atoms with van der Waals surface area (Å²) in [4.78, 5) is 0. The number of hydrogen-bond donors (Lipinski definition) is 1. The molecule has 2 rings (SSSR count). The molecule has 0 saturated heterocycles. The van der Waals surface area contributed by atoms with Crippen molar-refractivity contribution < 1.29 is 0 Å². The molecule has 0 spiro atoms. The fourth-order valence-corrected chi connectivity index (χ4v) is 2.89. The van der Waals surface area contributed by atoms with E-state index in [0.717, 1.165) is 6.54 Å². The lowest BCUT2D eigenvalue weighted by atomic mass is 10.0. The molecule has 0 atom stereocenters. The number of rotatable bonds is 8. The predicted molar refractivity (Wildman–Crippen MR) is 79.2 cm³/mol. The third-order valence-electron chi connectivity index (χ3n) is 3.98. The zero-order chi connectivity index (χ0) is 12.6. The summed E-state index contributed by atoms with van der Waals surface area (Å²) in [6.45, 7) is 4.47. The van der Waals surface area contributed by atoms with Crippen molar-refractivity contribution in [2.75, 3.05) is 13.1 Å². The van der Waals surface area contributed by atoms with Crippen molar-refractivity contribution >= 4 is 0 Å². The van der Waals surface area contributed by atoms with E-state index in [9.17, 15) is 0 Å². The van der Waals surface area contributed by atoms with Crippen LogP contribution < -0.4 is 5.32 Å². The van der Waals surface area contributed by atoms with Crippen LogP contribution in [0.15, 0.2) is 18.2 Å². The van der Waals surface area contributed by atoms with Crippen LogP contribution in [0.3, 0.4) is 0 Å². The van der Waals surface area contributed by atoms with Crippen molar-refractivity contribution in [1.29, 1.82) is 0 Å². The molecule has 0 radical (unpaired) electrons. The molecule has 1 nitrogen and oxygen atoms in total. The number of benzene rings is 1. The molecule has 0 amide bonds. The molecule has 0 heterocycles. The van der Waals surface area contributed by atoms with Gasteiger partial charge >= 0.3 is 0 Å². The lowest BCUT2D eigenvalue weighted by Crippen LogP contribution is -2.13. The van der Waals surface area contributed by atoms with Gasteiger partial charge < -0.3 is 5.32 Å². The van der Waals surface area contributed by atoms with E-state index >= 15 is 0 Å². The number of hydrogen-bond acceptors (Lipinski definition) is 1. The third-order valence-corrected chi connectivity index (χ3v) is 3.98. The molecule has 0 aromatic heterocycles. The van der Waals surface area contributed by atoms with E-state index in [1.54, 1.807) is 16.7 Å². The van der Waals surface area contributed by atoms with E-state index < -0.39 is 0 Å². The van der Waals surface area contributed by atoms with Crippen LogP contribution in [0.5, 0.6) is 0 Å². The Kier molecular flexibility index (Phi) is 5.73. The van der Waals surface area contributed by atoms with Gasteiger partial charge in [-0.1, -0.05) is 38.0 Å². The normalized spacial score (nSPS) is 13.8. The Morgan fingerprint density at radius 1 is 1.00 bits per heavy atom. The van der Waals surface area contributed by atoms with Gasteiger partial charge in [-0.15, -0.1) is 0 Å². The highest BCUT2D eigenvalue weighted by molar-refractivity contribution is 5.35. The summed E-state index contributed by atoms with van der Waals surface area (Å²) >= 11 is 0. The van der Waals surface area contributed by atoms with Gasteiger partial charge in [0, 0.05) is 0 Å². The van der Waals surface area contributed by atoms with E-state index in [2.05, 4.69) is 30.4 Å². The fraction of sp³-hybridized carbons (Fsp3) is 0.647. The van der Waals surface area contributed by atoms with Crippen molar-refractivity contribution in [1.82, 2.24) is 5.32 Å². The SMILES string of the molecule is CCNCCCCCCc1ccc2c(c1)CCC2. The molecule has 0 saturated carbocycles. The third kappa shape index (κ3) is 4.13. The fourth-order valence-electron chi connectivity index (χ4n) is 2.89. The van der Waals surface area contributed by atoms with Gasteiger partial charge in [-0.05, 0) is 68.3 Å². The molecule has 0 bridgehead atoms. The Morgan fingerprint density at radius 3 is 2.72 bits per heavy atom. The van der Waals surface area contributed by atoms with Gasteiger partial charge in [-0.25, -0.2) is 0 Å². The molecule has 1 aromatic rings. The monoisotopic (exact) mass is 245 g/mol. The topological polar surface area (TPSA) is 12.0 Å².